The molecule has 2 aromatic rings. The van der Waals surface area contributed by atoms with Crippen LogP contribution in [0, 0.1) is 0 Å². The smallest absolute Gasteiger partial charge is 0.260 e. The fourth-order valence-electron chi connectivity index (χ4n) is 2.21. The highest BCUT2D eigenvalue weighted by Gasteiger charge is 2.26. The van der Waals surface area contributed by atoms with E-state index in [4.69, 9.17) is 34.8 Å². The lowest BCUT2D eigenvalue weighted by Gasteiger charge is -2.16. The van der Waals surface area contributed by atoms with Gasteiger partial charge in [0.1, 0.15) is 0 Å². The van der Waals surface area contributed by atoms with Crippen LogP contribution in [0.15, 0.2) is 47.5 Å². The van der Waals surface area contributed by atoms with Gasteiger partial charge in [-0.3, -0.25) is 9.69 Å². The van der Waals surface area contributed by atoms with E-state index >= 15 is 0 Å². The monoisotopic (exact) mass is 367 g/mol. The number of halogens is 3. The van der Waals surface area contributed by atoms with Crippen molar-refractivity contribution < 1.29 is 4.79 Å². The molecule has 3 rings (SSSR count). The van der Waals surface area contributed by atoms with Crippen molar-refractivity contribution in [3.8, 4) is 0 Å². The largest absolute Gasteiger partial charge is 0.354 e. The van der Waals surface area contributed by atoms with E-state index in [9.17, 15) is 4.79 Å². The van der Waals surface area contributed by atoms with E-state index in [-0.39, 0.29) is 5.91 Å². The first-order valence-electron chi connectivity index (χ1n) is 6.89. The fourth-order valence-corrected chi connectivity index (χ4v) is 2.66. The molecule has 0 saturated carbocycles. The number of aliphatic imine (C=N–C) groups is 1. The Kier molecular flexibility index (Phi) is 4.76. The molecule has 2 aromatic carbocycles. The van der Waals surface area contributed by atoms with E-state index < -0.39 is 0 Å². The van der Waals surface area contributed by atoms with Gasteiger partial charge in [0.15, 0.2) is 0 Å². The number of carbonyl (C=O) groups is 1. The lowest BCUT2D eigenvalue weighted by atomic mass is 10.2. The van der Waals surface area contributed by atoms with Crippen LogP contribution in [-0.2, 0) is 0 Å². The number of hydrogen-bond acceptors (Lipinski definition) is 2. The number of rotatable bonds is 2. The molecule has 0 aromatic heterocycles. The number of guanidine groups is 1. The van der Waals surface area contributed by atoms with E-state index in [0.29, 0.717) is 45.4 Å². The third kappa shape index (κ3) is 3.61. The van der Waals surface area contributed by atoms with Crippen LogP contribution in [0.4, 0.5) is 5.69 Å². The molecular formula is C16H12Cl3N3O. The van der Waals surface area contributed by atoms with Gasteiger partial charge >= 0.3 is 0 Å². The van der Waals surface area contributed by atoms with Crippen LogP contribution in [0.5, 0.6) is 0 Å². The number of nitrogens with zero attached hydrogens (tertiary/aromatic N) is 2. The molecule has 4 nitrogen and oxygen atoms in total. The fraction of sp³-hybridized carbons (Fsp3) is 0.125. The first kappa shape index (κ1) is 16.1. The van der Waals surface area contributed by atoms with Gasteiger partial charge in [-0.1, -0.05) is 34.8 Å². The van der Waals surface area contributed by atoms with Gasteiger partial charge in [-0.05, 0) is 42.5 Å². The van der Waals surface area contributed by atoms with Crippen LogP contribution < -0.4 is 5.32 Å². The molecule has 1 amide bonds. The molecule has 1 saturated heterocycles. The van der Waals surface area contributed by atoms with Gasteiger partial charge in [0, 0.05) is 28.7 Å². The number of nitrogens with one attached hydrogen (secondary N) is 1. The molecule has 0 radical (unpaired) electrons. The van der Waals surface area contributed by atoms with Crippen LogP contribution >= 0.6 is 34.8 Å². The minimum Gasteiger partial charge on any atom is -0.354 e. The summed E-state index contributed by atoms with van der Waals surface area (Å²) in [5.74, 6) is 0.303. The highest BCUT2D eigenvalue weighted by Crippen LogP contribution is 2.28. The lowest BCUT2D eigenvalue weighted by Crippen LogP contribution is -2.35. The Morgan fingerprint density at radius 1 is 1.04 bits per heavy atom. The lowest BCUT2D eigenvalue weighted by molar-refractivity contribution is 0.0859. The summed E-state index contributed by atoms with van der Waals surface area (Å²) in [6.45, 7) is 1.15. The van der Waals surface area contributed by atoms with Gasteiger partial charge in [-0.2, -0.15) is 0 Å². The Morgan fingerprint density at radius 2 is 1.74 bits per heavy atom. The van der Waals surface area contributed by atoms with Crippen LogP contribution in [0.25, 0.3) is 0 Å². The summed E-state index contributed by atoms with van der Waals surface area (Å²) >= 11 is 18.0. The second kappa shape index (κ2) is 6.79. The Bertz CT molecular complexity index is 775. The van der Waals surface area contributed by atoms with Gasteiger partial charge in [0.2, 0.25) is 5.96 Å². The van der Waals surface area contributed by atoms with E-state index in [0.717, 1.165) is 0 Å². The van der Waals surface area contributed by atoms with E-state index in [2.05, 4.69) is 10.3 Å². The summed E-state index contributed by atoms with van der Waals surface area (Å²) in [6, 6.07) is 11.8. The Labute approximate surface area is 148 Å². The van der Waals surface area contributed by atoms with Crippen LogP contribution in [0.2, 0.25) is 15.1 Å². The van der Waals surface area contributed by atoms with E-state index in [1.165, 1.54) is 0 Å². The van der Waals surface area contributed by atoms with Gasteiger partial charge in [0.25, 0.3) is 5.91 Å². The molecular weight excluding hydrogens is 357 g/mol. The van der Waals surface area contributed by atoms with Crippen molar-refractivity contribution in [2.75, 3.05) is 13.1 Å². The summed E-state index contributed by atoms with van der Waals surface area (Å²) in [5, 5.41) is 4.67. The molecule has 7 heteroatoms. The van der Waals surface area contributed by atoms with Gasteiger partial charge < -0.3 is 5.32 Å². The third-order valence-electron chi connectivity index (χ3n) is 3.35. The van der Waals surface area contributed by atoms with Crippen molar-refractivity contribution in [3.05, 3.63) is 63.1 Å². The van der Waals surface area contributed by atoms with Crippen molar-refractivity contribution in [2.45, 2.75) is 0 Å². The molecule has 1 aliphatic heterocycles. The first-order valence-corrected chi connectivity index (χ1v) is 8.03. The van der Waals surface area contributed by atoms with E-state index in [1.54, 1.807) is 47.4 Å². The average Bonchev–Trinajstić information content (AvgIpc) is 2.99. The summed E-state index contributed by atoms with van der Waals surface area (Å²) in [7, 11) is 0. The molecule has 0 aliphatic carbocycles. The highest BCUT2D eigenvalue weighted by atomic mass is 35.5. The summed E-state index contributed by atoms with van der Waals surface area (Å²) < 4.78 is 0. The standard InChI is InChI=1S/C16H12Cl3N3O/c17-11-3-1-10(2-4-11)15(23)22-8-7-20-16(22)21-14-9-12(18)5-6-13(14)19/h1-6,9H,7-8H2,(H,20,21). The first-order chi connectivity index (χ1) is 11.0. The van der Waals surface area contributed by atoms with Gasteiger partial charge in [0.05, 0.1) is 10.7 Å². The normalized spacial score (nSPS) is 15.8. The summed E-state index contributed by atoms with van der Waals surface area (Å²) in [6.07, 6.45) is 0. The summed E-state index contributed by atoms with van der Waals surface area (Å²) in [5.41, 5.74) is 1.06. The van der Waals surface area contributed by atoms with Crippen LogP contribution in [0.1, 0.15) is 10.4 Å². The molecule has 1 N–H and O–H groups in total. The van der Waals surface area contributed by atoms with E-state index in [1.807, 2.05) is 0 Å². The Balaban J connectivity index is 1.90. The SMILES string of the molecule is O=C(c1ccc(Cl)cc1)N1CCNC1=Nc1cc(Cl)ccc1Cl. The zero-order chi connectivity index (χ0) is 16.4. The topological polar surface area (TPSA) is 44.7 Å². The highest BCUT2D eigenvalue weighted by molar-refractivity contribution is 6.35. The zero-order valence-electron chi connectivity index (χ0n) is 11.9. The van der Waals surface area contributed by atoms with Gasteiger partial charge in [-0.15, -0.1) is 0 Å². The molecule has 0 bridgehead atoms. The second-order valence-electron chi connectivity index (χ2n) is 4.92. The van der Waals surface area contributed by atoms with Crippen LogP contribution in [-0.4, -0.2) is 29.9 Å². The Hall–Kier alpha value is -1.75. The van der Waals surface area contributed by atoms with Crippen molar-refractivity contribution >= 4 is 52.4 Å². The maximum absolute atomic E-state index is 12.6. The minimum absolute atomic E-state index is 0.149. The minimum atomic E-state index is -0.149. The van der Waals surface area contributed by atoms with Crippen molar-refractivity contribution in [3.63, 3.8) is 0 Å². The molecule has 0 spiro atoms. The average molecular weight is 369 g/mol. The third-order valence-corrected chi connectivity index (χ3v) is 4.15. The van der Waals surface area contributed by atoms with Crippen molar-refractivity contribution in [2.24, 2.45) is 4.99 Å². The number of carbonyl (C=O) groups excluding carboxylic acids is 1. The molecule has 118 valence electrons. The van der Waals surface area contributed by atoms with Crippen molar-refractivity contribution in [1.29, 1.82) is 0 Å². The maximum Gasteiger partial charge on any atom is 0.260 e. The predicted molar refractivity (Wildman–Crippen MR) is 94.0 cm³/mol. The van der Waals surface area contributed by atoms with Crippen LogP contribution in [0.3, 0.4) is 0 Å². The molecule has 1 fully saturated rings. The maximum atomic E-state index is 12.6. The molecule has 23 heavy (non-hydrogen) atoms. The number of amides is 1. The quantitative estimate of drug-likeness (QED) is 0.855. The number of benzene rings is 2. The second-order valence-corrected chi connectivity index (χ2v) is 6.20. The molecule has 0 unspecified atom stereocenters. The molecule has 1 heterocycles. The van der Waals surface area contributed by atoms with Crippen molar-refractivity contribution in [1.82, 2.24) is 10.2 Å². The summed E-state index contributed by atoms with van der Waals surface area (Å²) in [4.78, 5) is 18.6. The number of hydrogen-bond donors (Lipinski definition) is 1. The Morgan fingerprint density at radius 3 is 2.48 bits per heavy atom. The predicted octanol–water partition coefficient (Wildman–Crippen LogP) is 4.38. The zero-order valence-corrected chi connectivity index (χ0v) is 14.2. The molecule has 1 aliphatic rings. The molecule has 0 atom stereocenters. The van der Waals surface area contributed by atoms with Gasteiger partial charge in [-0.25, -0.2) is 4.99 Å².